The van der Waals surface area contributed by atoms with Crippen LogP contribution in [0, 0.1) is 0 Å². The second-order valence-corrected chi connectivity index (χ2v) is 8.31. The Hall–Kier alpha value is -1.87. The van der Waals surface area contributed by atoms with E-state index in [4.69, 9.17) is 21.1 Å². The normalized spacial score (nSPS) is 19.9. The molecule has 2 atom stereocenters. The molecule has 164 valence electrons. The average Bonchev–Trinajstić information content (AvgIpc) is 3.02. The molecule has 0 aliphatic carbocycles. The van der Waals surface area contributed by atoms with Gasteiger partial charge >= 0.3 is 6.09 Å². The molecule has 1 aliphatic rings. The zero-order chi connectivity index (χ0) is 21.6. The number of H-pyrrole nitrogens is 1. The van der Waals surface area contributed by atoms with Crippen LogP contribution in [0.5, 0.6) is 0 Å². The molecule has 1 aliphatic heterocycles. The molecule has 1 aromatic heterocycles. The van der Waals surface area contributed by atoms with Crippen molar-refractivity contribution in [3.8, 4) is 0 Å². The minimum Gasteiger partial charge on any atom is -0.444 e. The molecule has 2 amide bonds. The number of ether oxygens (including phenoxy) is 2. The number of aromatic amines is 1. The molecular weight excluding hydrogens is 403 g/mol. The minimum absolute atomic E-state index is 0.129. The van der Waals surface area contributed by atoms with E-state index in [1.165, 1.54) is 0 Å². The molecular formula is C19H30ClFN4O4. The number of aromatic nitrogens is 2. The van der Waals surface area contributed by atoms with E-state index in [0.717, 1.165) is 0 Å². The van der Waals surface area contributed by atoms with Crippen LogP contribution in [0.15, 0.2) is 0 Å². The van der Waals surface area contributed by atoms with Crippen molar-refractivity contribution in [2.45, 2.75) is 64.7 Å². The van der Waals surface area contributed by atoms with Crippen molar-refractivity contribution in [1.82, 2.24) is 20.2 Å². The lowest BCUT2D eigenvalue weighted by molar-refractivity contribution is -0.0346. The van der Waals surface area contributed by atoms with Crippen LogP contribution in [0.25, 0.3) is 0 Å². The summed E-state index contributed by atoms with van der Waals surface area (Å²) in [6, 6.07) is -0.352. The number of piperidine rings is 1. The number of carbonyl (C=O) groups is 2. The lowest BCUT2D eigenvalue weighted by Gasteiger charge is -2.39. The maximum absolute atomic E-state index is 12.6. The molecule has 0 saturated carbocycles. The number of imidazole rings is 1. The van der Waals surface area contributed by atoms with Crippen LogP contribution in [-0.2, 0) is 15.9 Å². The summed E-state index contributed by atoms with van der Waals surface area (Å²) in [5.41, 5.74) is 0.0785. The van der Waals surface area contributed by atoms with Gasteiger partial charge in [0.15, 0.2) is 11.0 Å². The third-order valence-corrected chi connectivity index (χ3v) is 4.75. The third kappa shape index (κ3) is 6.85. The number of alkyl halides is 1. The van der Waals surface area contributed by atoms with Crippen LogP contribution in [0.4, 0.5) is 9.18 Å². The molecule has 1 fully saturated rings. The van der Waals surface area contributed by atoms with Gasteiger partial charge < -0.3 is 24.7 Å². The van der Waals surface area contributed by atoms with Crippen LogP contribution in [0.2, 0.25) is 5.15 Å². The predicted octanol–water partition coefficient (Wildman–Crippen LogP) is 3.11. The Morgan fingerprint density at radius 3 is 2.72 bits per heavy atom. The summed E-state index contributed by atoms with van der Waals surface area (Å²) in [7, 11) is 0. The highest BCUT2D eigenvalue weighted by Crippen LogP contribution is 2.19. The topological polar surface area (TPSA) is 96.6 Å². The van der Waals surface area contributed by atoms with Gasteiger partial charge in [0.2, 0.25) is 0 Å². The Balaban J connectivity index is 2.04. The number of hydrogen-bond acceptors (Lipinski definition) is 5. The number of carbonyl (C=O) groups excluding carboxylic acids is 2. The smallest absolute Gasteiger partial charge is 0.410 e. The average molecular weight is 433 g/mol. The Kier molecular flexibility index (Phi) is 8.27. The van der Waals surface area contributed by atoms with Gasteiger partial charge in [-0.25, -0.2) is 9.78 Å². The largest absolute Gasteiger partial charge is 0.444 e. The standard InChI is InChI=1S/C19H30ClFN4O4/c1-5-12-15(20)24-16(22-12)17(26)23-13-7-9-25(18(27)29-19(2,3)4)11-14(13)28-10-6-8-21/h13-14H,5-11H2,1-4H3,(H,22,24)(H,23,26). The van der Waals surface area contributed by atoms with Crippen LogP contribution in [0.3, 0.4) is 0 Å². The molecule has 2 unspecified atom stereocenters. The van der Waals surface area contributed by atoms with E-state index < -0.39 is 30.4 Å². The van der Waals surface area contributed by atoms with Gasteiger partial charge in [-0.3, -0.25) is 9.18 Å². The van der Waals surface area contributed by atoms with Crippen LogP contribution in [0.1, 0.15) is 56.8 Å². The van der Waals surface area contributed by atoms with Crippen molar-refractivity contribution in [3.05, 3.63) is 16.7 Å². The van der Waals surface area contributed by atoms with Crippen molar-refractivity contribution < 1.29 is 23.5 Å². The summed E-state index contributed by atoms with van der Waals surface area (Å²) in [5.74, 6) is -0.273. The van der Waals surface area contributed by atoms with Gasteiger partial charge in [-0.15, -0.1) is 0 Å². The van der Waals surface area contributed by atoms with Gasteiger partial charge in [0, 0.05) is 13.2 Å². The van der Waals surface area contributed by atoms with E-state index in [-0.39, 0.29) is 36.6 Å². The second-order valence-electron chi connectivity index (χ2n) is 7.96. The van der Waals surface area contributed by atoms with E-state index in [1.807, 2.05) is 6.92 Å². The molecule has 1 aromatic rings. The van der Waals surface area contributed by atoms with E-state index in [1.54, 1.807) is 25.7 Å². The summed E-state index contributed by atoms with van der Waals surface area (Å²) < 4.78 is 23.7. The summed E-state index contributed by atoms with van der Waals surface area (Å²) >= 11 is 6.01. The van der Waals surface area contributed by atoms with Crippen LogP contribution in [-0.4, -0.2) is 71.0 Å². The molecule has 10 heteroatoms. The fraction of sp³-hybridized carbons (Fsp3) is 0.737. The lowest BCUT2D eigenvalue weighted by atomic mass is 10.0. The summed E-state index contributed by atoms with van der Waals surface area (Å²) in [4.78, 5) is 33.5. The monoisotopic (exact) mass is 432 g/mol. The molecule has 1 saturated heterocycles. The van der Waals surface area contributed by atoms with Crippen LogP contribution < -0.4 is 5.32 Å². The Bertz CT molecular complexity index is 707. The number of hydrogen-bond donors (Lipinski definition) is 2. The van der Waals surface area contributed by atoms with Gasteiger partial charge in [0.25, 0.3) is 5.91 Å². The first-order valence-corrected chi connectivity index (χ1v) is 10.2. The highest BCUT2D eigenvalue weighted by molar-refractivity contribution is 6.30. The number of amides is 2. The fourth-order valence-corrected chi connectivity index (χ4v) is 3.26. The zero-order valence-corrected chi connectivity index (χ0v) is 18.1. The highest BCUT2D eigenvalue weighted by Gasteiger charge is 2.35. The molecule has 0 aromatic carbocycles. The van der Waals surface area contributed by atoms with E-state index in [0.29, 0.717) is 25.1 Å². The molecule has 29 heavy (non-hydrogen) atoms. The van der Waals surface area contributed by atoms with E-state index in [2.05, 4.69) is 15.3 Å². The number of nitrogens with one attached hydrogen (secondary N) is 2. The van der Waals surface area contributed by atoms with Crippen molar-refractivity contribution in [2.24, 2.45) is 0 Å². The Morgan fingerprint density at radius 2 is 2.14 bits per heavy atom. The molecule has 2 rings (SSSR count). The van der Waals surface area contributed by atoms with Gasteiger partial charge in [0.05, 0.1) is 31.1 Å². The maximum atomic E-state index is 12.6. The SMILES string of the molecule is CCc1[nH]c(C(=O)NC2CCN(C(=O)OC(C)(C)C)CC2OCCCF)nc1Cl. The molecule has 0 radical (unpaired) electrons. The maximum Gasteiger partial charge on any atom is 0.410 e. The number of halogens is 2. The van der Waals surface area contributed by atoms with E-state index >= 15 is 0 Å². The number of rotatable bonds is 7. The Morgan fingerprint density at radius 1 is 1.41 bits per heavy atom. The highest BCUT2D eigenvalue weighted by atomic mass is 35.5. The third-order valence-electron chi connectivity index (χ3n) is 4.43. The first-order chi connectivity index (χ1) is 13.6. The van der Waals surface area contributed by atoms with Crippen molar-refractivity contribution >= 4 is 23.6 Å². The summed E-state index contributed by atoms with van der Waals surface area (Å²) in [6.45, 7) is 7.65. The second kappa shape index (κ2) is 10.2. The minimum atomic E-state index is -0.609. The molecule has 8 nitrogen and oxygen atoms in total. The number of aryl methyl sites for hydroxylation is 1. The van der Waals surface area contributed by atoms with Gasteiger partial charge in [-0.1, -0.05) is 18.5 Å². The summed E-state index contributed by atoms with van der Waals surface area (Å²) in [5, 5.41) is 3.17. The zero-order valence-electron chi connectivity index (χ0n) is 17.4. The van der Waals surface area contributed by atoms with Gasteiger partial charge in [-0.2, -0.15) is 0 Å². The lowest BCUT2D eigenvalue weighted by Crippen LogP contribution is -2.57. The van der Waals surface area contributed by atoms with E-state index in [9.17, 15) is 14.0 Å². The first-order valence-electron chi connectivity index (χ1n) is 9.85. The quantitative estimate of drug-likeness (QED) is 0.645. The molecule has 2 N–H and O–H groups in total. The molecule has 0 bridgehead atoms. The summed E-state index contributed by atoms with van der Waals surface area (Å²) in [6.07, 6.45) is 0.426. The van der Waals surface area contributed by atoms with Crippen molar-refractivity contribution in [3.63, 3.8) is 0 Å². The molecule has 2 heterocycles. The number of likely N-dealkylation sites (tertiary alicyclic amines) is 1. The van der Waals surface area contributed by atoms with Gasteiger partial charge in [0.1, 0.15) is 5.60 Å². The molecule has 0 spiro atoms. The van der Waals surface area contributed by atoms with Crippen molar-refractivity contribution in [2.75, 3.05) is 26.4 Å². The van der Waals surface area contributed by atoms with Gasteiger partial charge in [-0.05, 0) is 40.0 Å². The first kappa shape index (κ1) is 23.4. The van der Waals surface area contributed by atoms with Crippen LogP contribution >= 0.6 is 11.6 Å². The Labute approximate surface area is 175 Å². The number of nitrogens with zero attached hydrogens (tertiary/aromatic N) is 2. The van der Waals surface area contributed by atoms with Crippen molar-refractivity contribution in [1.29, 1.82) is 0 Å². The fourth-order valence-electron chi connectivity index (χ4n) is 3.00. The predicted molar refractivity (Wildman–Crippen MR) is 107 cm³/mol.